The van der Waals surface area contributed by atoms with Crippen molar-refractivity contribution < 1.29 is 9.53 Å². The summed E-state index contributed by atoms with van der Waals surface area (Å²) >= 11 is 1.80. The number of fused-ring (bicyclic) bond motifs is 3. The standard InChI is InChI=1S/C19H20N4O2S/c1-11-21-17(16-14-4-3-5-15(14)26-18(16)22-11)20-10-12-6-8-13(9-7-12)23-19(24)25-2/h6-9H,3-5,10H2,1-2H3,(H,23,24)(H,20,21,22). The maximum Gasteiger partial charge on any atom is 0.411 e. The number of amides is 1. The number of hydrogen-bond donors (Lipinski definition) is 2. The fraction of sp³-hybridized carbons (Fsp3) is 0.316. The van der Waals surface area contributed by atoms with Crippen LogP contribution in [0.2, 0.25) is 0 Å². The Morgan fingerprint density at radius 1 is 1.23 bits per heavy atom. The zero-order valence-electron chi connectivity index (χ0n) is 14.8. The molecule has 2 N–H and O–H groups in total. The number of aryl methyl sites for hydroxylation is 3. The molecule has 1 amide bonds. The number of nitrogens with zero attached hydrogens (tertiary/aromatic N) is 2. The molecule has 0 fully saturated rings. The Labute approximate surface area is 155 Å². The number of anilines is 2. The number of ether oxygens (including phenoxy) is 1. The van der Waals surface area contributed by atoms with Crippen molar-refractivity contribution in [3.63, 3.8) is 0 Å². The molecule has 7 heteroatoms. The van der Waals surface area contributed by atoms with E-state index in [2.05, 4.69) is 25.3 Å². The van der Waals surface area contributed by atoms with Gasteiger partial charge in [-0.15, -0.1) is 11.3 Å². The Morgan fingerprint density at radius 2 is 2.04 bits per heavy atom. The van der Waals surface area contributed by atoms with Crippen LogP contribution in [0.3, 0.4) is 0 Å². The minimum absolute atomic E-state index is 0.471. The van der Waals surface area contributed by atoms with Crippen molar-refractivity contribution in [3.05, 3.63) is 46.1 Å². The Hall–Kier alpha value is -2.67. The monoisotopic (exact) mass is 368 g/mol. The Bertz CT molecular complexity index is 966. The summed E-state index contributed by atoms with van der Waals surface area (Å²) in [7, 11) is 1.35. The number of carbonyl (C=O) groups excluding carboxylic acids is 1. The highest BCUT2D eigenvalue weighted by Crippen LogP contribution is 2.39. The first-order valence-corrected chi connectivity index (χ1v) is 9.42. The smallest absolute Gasteiger partial charge is 0.411 e. The van der Waals surface area contributed by atoms with Gasteiger partial charge in [-0.2, -0.15) is 0 Å². The first kappa shape index (κ1) is 16.8. The van der Waals surface area contributed by atoms with E-state index in [0.717, 1.165) is 34.9 Å². The van der Waals surface area contributed by atoms with E-state index >= 15 is 0 Å². The van der Waals surface area contributed by atoms with Crippen LogP contribution in [0.15, 0.2) is 24.3 Å². The lowest BCUT2D eigenvalue weighted by Gasteiger charge is -2.10. The van der Waals surface area contributed by atoms with Crippen LogP contribution < -0.4 is 10.6 Å². The van der Waals surface area contributed by atoms with Crippen molar-refractivity contribution >= 4 is 39.2 Å². The van der Waals surface area contributed by atoms with Crippen LogP contribution in [-0.2, 0) is 24.1 Å². The largest absolute Gasteiger partial charge is 0.453 e. The maximum atomic E-state index is 11.2. The number of nitrogens with one attached hydrogen (secondary N) is 2. The van der Waals surface area contributed by atoms with Gasteiger partial charge < -0.3 is 10.1 Å². The topological polar surface area (TPSA) is 76.1 Å². The second-order valence-corrected chi connectivity index (χ2v) is 7.41. The number of carbonyl (C=O) groups is 1. The SMILES string of the molecule is COC(=O)Nc1ccc(CNc2nc(C)nc3sc4c(c23)CCC4)cc1. The molecule has 0 radical (unpaired) electrons. The van der Waals surface area contributed by atoms with Gasteiger partial charge in [0, 0.05) is 17.1 Å². The van der Waals surface area contributed by atoms with Gasteiger partial charge in [-0.1, -0.05) is 12.1 Å². The van der Waals surface area contributed by atoms with E-state index in [4.69, 9.17) is 0 Å². The second kappa shape index (κ2) is 6.92. The molecule has 6 nitrogen and oxygen atoms in total. The van der Waals surface area contributed by atoms with Crippen molar-refractivity contribution in [2.75, 3.05) is 17.7 Å². The van der Waals surface area contributed by atoms with Crippen LogP contribution in [-0.4, -0.2) is 23.2 Å². The molecule has 0 spiro atoms. The number of aromatic nitrogens is 2. The minimum atomic E-state index is -0.471. The highest BCUT2D eigenvalue weighted by molar-refractivity contribution is 7.19. The van der Waals surface area contributed by atoms with E-state index in [1.807, 2.05) is 31.2 Å². The first-order valence-electron chi connectivity index (χ1n) is 8.60. The van der Waals surface area contributed by atoms with E-state index in [-0.39, 0.29) is 0 Å². The van der Waals surface area contributed by atoms with Crippen molar-refractivity contribution in [1.82, 2.24) is 9.97 Å². The molecule has 134 valence electrons. The van der Waals surface area contributed by atoms with Crippen LogP contribution in [0.5, 0.6) is 0 Å². The van der Waals surface area contributed by atoms with Gasteiger partial charge in [0.1, 0.15) is 16.5 Å². The Kier molecular flexibility index (Phi) is 4.46. The van der Waals surface area contributed by atoms with E-state index in [0.29, 0.717) is 12.2 Å². The molecule has 0 atom stereocenters. The highest BCUT2D eigenvalue weighted by Gasteiger charge is 2.21. The molecule has 26 heavy (non-hydrogen) atoms. The Balaban J connectivity index is 1.54. The molecule has 0 saturated heterocycles. The number of rotatable bonds is 4. The number of thiophene rings is 1. The fourth-order valence-corrected chi connectivity index (χ4v) is 4.60. The van der Waals surface area contributed by atoms with E-state index in [9.17, 15) is 4.79 Å². The van der Waals surface area contributed by atoms with Gasteiger partial charge in [0.05, 0.1) is 12.5 Å². The molecule has 0 saturated carbocycles. The summed E-state index contributed by atoms with van der Waals surface area (Å²) in [6.07, 6.45) is 3.02. The number of hydrogen-bond acceptors (Lipinski definition) is 6. The summed E-state index contributed by atoms with van der Waals surface area (Å²) in [5.41, 5.74) is 3.23. The van der Waals surface area contributed by atoms with Gasteiger partial charge in [0.2, 0.25) is 0 Å². The highest BCUT2D eigenvalue weighted by atomic mass is 32.1. The van der Waals surface area contributed by atoms with Gasteiger partial charge in [-0.3, -0.25) is 5.32 Å². The number of methoxy groups -OCH3 is 1. The molecule has 3 aromatic rings. The molecular weight excluding hydrogens is 348 g/mol. The van der Waals surface area contributed by atoms with Crippen molar-refractivity contribution in [2.24, 2.45) is 0 Å². The third-order valence-electron chi connectivity index (χ3n) is 4.52. The summed E-state index contributed by atoms with van der Waals surface area (Å²) < 4.78 is 4.60. The average molecular weight is 368 g/mol. The van der Waals surface area contributed by atoms with Crippen molar-refractivity contribution in [3.8, 4) is 0 Å². The summed E-state index contributed by atoms with van der Waals surface area (Å²) in [4.78, 5) is 23.0. The molecule has 1 aliphatic rings. The molecule has 0 bridgehead atoms. The summed E-state index contributed by atoms with van der Waals surface area (Å²) in [6.45, 7) is 2.59. The van der Waals surface area contributed by atoms with E-state index in [1.54, 1.807) is 11.3 Å². The van der Waals surface area contributed by atoms with E-state index in [1.165, 1.54) is 29.4 Å². The zero-order valence-corrected chi connectivity index (χ0v) is 15.6. The third kappa shape index (κ3) is 3.22. The molecule has 4 rings (SSSR count). The van der Waals surface area contributed by atoms with Gasteiger partial charge in [-0.25, -0.2) is 14.8 Å². The normalized spacial score (nSPS) is 12.8. The lowest BCUT2D eigenvalue weighted by molar-refractivity contribution is 0.187. The van der Waals surface area contributed by atoms with Gasteiger partial charge in [0.15, 0.2) is 0 Å². The summed E-state index contributed by atoms with van der Waals surface area (Å²) in [5, 5.41) is 7.32. The first-order chi connectivity index (χ1) is 12.6. The fourth-order valence-electron chi connectivity index (χ4n) is 3.29. The predicted octanol–water partition coefficient (Wildman–Crippen LogP) is 4.28. The maximum absolute atomic E-state index is 11.2. The predicted molar refractivity (Wildman–Crippen MR) is 104 cm³/mol. The summed E-state index contributed by atoms with van der Waals surface area (Å²) in [5.74, 6) is 1.71. The molecule has 0 unspecified atom stereocenters. The van der Waals surface area contributed by atoms with Gasteiger partial charge in [-0.05, 0) is 49.4 Å². The van der Waals surface area contributed by atoms with Crippen molar-refractivity contribution in [2.45, 2.75) is 32.7 Å². The summed E-state index contributed by atoms with van der Waals surface area (Å²) in [6, 6.07) is 7.66. The molecule has 1 aromatic carbocycles. The molecule has 1 aliphatic carbocycles. The second-order valence-electron chi connectivity index (χ2n) is 6.32. The van der Waals surface area contributed by atoms with Gasteiger partial charge in [0.25, 0.3) is 0 Å². The lowest BCUT2D eigenvalue weighted by atomic mass is 10.1. The lowest BCUT2D eigenvalue weighted by Crippen LogP contribution is -2.11. The van der Waals surface area contributed by atoms with Gasteiger partial charge >= 0.3 is 6.09 Å². The quantitative estimate of drug-likeness (QED) is 0.719. The zero-order chi connectivity index (χ0) is 18.1. The van der Waals surface area contributed by atoms with Crippen LogP contribution in [0, 0.1) is 6.92 Å². The molecular formula is C19H20N4O2S. The van der Waals surface area contributed by atoms with Crippen LogP contribution in [0.25, 0.3) is 10.2 Å². The van der Waals surface area contributed by atoms with Crippen LogP contribution >= 0.6 is 11.3 Å². The third-order valence-corrected chi connectivity index (χ3v) is 5.71. The molecule has 2 heterocycles. The minimum Gasteiger partial charge on any atom is -0.453 e. The molecule has 2 aromatic heterocycles. The Morgan fingerprint density at radius 3 is 2.81 bits per heavy atom. The van der Waals surface area contributed by atoms with Crippen LogP contribution in [0.1, 0.15) is 28.2 Å². The van der Waals surface area contributed by atoms with Crippen LogP contribution in [0.4, 0.5) is 16.3 Å². The van der Waals surface area contributed by atoms with Crippen molar-refractivity contribution in [1.29, 1.82) is 0 Å². The van der Waals surface area contributed by atoms with E-state index < -0.39 is 6.09 Å². The average Bonchev–Trinajstić information content (AvgIpc) is 3.21. The molecule has 0 aliphatic heterocycles. The number of benzene rings is 1.